The maximum atomic E-state index is 13.8. The third kappa shape index (κ3) is 3.65. The van der Waals surface area contributed by atoms with Crippen molar-refractivity contribution in [3.05, 3.63) is 59.4 Å². The SMILES string of the molecule is Cc1cn2c(n1)N(C)C(=O)C(NC(=O)c1ncn(Cc3c(F)cccc3F)n1)CC2. The first-order chi connectivity index (χ1) is 14.3. The lowest BCUT2D eigenvalue weighted by Crippen LogP contribution is -2.47. The quantitative estimate of drug-likeness (QED) is 0.692. The van der Waals surface area contributed by atoms with Gasteiger partial charge in [0.05, 0.1) is 12.2 Å². The van der Waals surface area contributed by atoms with Gasteiger partial charge in [-0.1, -0.05) is 6.07 Å². The van der Waals surface area contributed by atoms with Gasteiger partial charge in [-0.3, -0.25) is 14.5 Å². The lowest BCUT2D eigenvalue weighted by molar-refractivity contribution is -0.120. The number of benzene rings is 1. The second-order valence-electron chi connectivity index (χ2n) is 7.05. The van der Waals surface area contributed by atoms with Crippen LogP contribution in [0.4, 0.5) is 14.7 Å². The molecule has 3 aromatic rings. The number of rotatable bonds is 4. The summed E-state index contributed by atoms with van der Waals surface area (Å²) < 4.78 is 30.6. The number of carbonyl (C=O) groups excluding carboxylic acids is 2. The number of amides is 2. The van der Waals surface area contributed by atoms with Crippen LogP contribution in [0.15, 0.2) is 30.7 Å². The number of fused-ring (bicyclic) bond motifs is 1. The van der Waals surface area contributed by atoms with Crippen molar-refractivity contribution in [2.45, 2.75) is 32.5 Å². The lowest BCUT2D eigenvalue weighted by Gasteiger charge is -2.19. The Morgan fingerprint density at radius 3 is 2.77 bits per heavy atom. The first-order valence-corrected chi connectivity index (χ1v) is 9.28. The van der Waals surface area contributed by atoms with Gasteiger partial charge in [-0.2, -0.15) is 0 Å². The van der Waals surface area contributed by atoms with Crippen molar-refractivity contribution < 1.29 is 18.4 Å². The van der Waals surface area contributed by atoms with Gasteiger partial charge < -0.3 is 9.88 Å². The van der Waals surface area contributed by atoms with Crippen molar-refractivity contribution in [2.24, 2.45) is 0 Å². The molecule has 0 spiro atoms. The van der Waals surface area contributed by atoms with Crippen LogP contribution in [-0.2, 0) is 17.9 Å². The largest absolute Gasteiger partial charge is 0.337 e. The number of hydrogen-bond acceptors (Lipinski definition) is 5. The maximum absolute atomic E-state index is 13.8. The molecule has 2 aromatic heterocycles. The number of halogens is 2. The summed E-state index contributed by atoms with van der Waals surface area (Å²) in [7, 11) is 1.60. The van der Waals surface area contributed by atoms with Crippen LogP contribution >= 0.6 is 0 Å². The molecular weight excluding hydrogens is 396 g/mol. The molecule has 0 radical (unpaired) electrons. The van der Waals surface area contributed by atoms with E-state index in [1.54, 1.807) is 7.05 Å². The molecule has 1 aliphatic heterocycles. The minimum atomic E-state index is -0.777. The number of nitrogens with zero attached hydrogens (tertiary/aromatic N) is 6. The Bertz CT molecular complexity index is 1100. The Labute approximate surface area is 170 Å². The third-order valence-corrected chi connectivity index (χ3v) is 4.89. The van der Waals surface area contributed by atoms with Crippen molar-refractivity contribution in [2.75, 3.05) is 11.9 Å². The van der Waals surface area contributed by atoms with Gasteiger partial charge in [0.15, 0.2) is 0 Å². The number of carbonyl (C=O) groups is 2. The maximum Gasteiger partial charge on any atom is 0.291 e. The van der Waals surface area contributed by atoms with E-state index in [0.717, 1.165) is 22.5 Å². The normalized spacial score (nSPS) is 16.3. The number of anilines is 1. The molecule has 1 N–H and O–H groups in total. The molecule has 0 aliphatic carbocycles. The average molecular weight is 415 g/mol. The van der Waals surface area contributed by atoms with Crippen molar-refractivity contribution in [1.29, 1.82) is 0 Å². The van der Waals surface area contributed by atoms with E-state index < -0.39 is 23.6 Å². The molecular formula is C19H19F2N7O2. The second-order valence-corrected chi connectivity index (χ2v) is 7.05. The van der Waals surface area contributed by atoms with Crippen LogP contribution in [0.3, 0.4) is 0 Å². The predicted molar refractivity (Wildman–Crippen MR) is 102 cm³/mol. The van der Waals surface area contributed by atoms with Crippen molar-refractivity contribution >= 4 is 17.8 Å². The second kappa shape index (κ2) is 7.65. The molecule has 0 saturated carbocycles. The molecule has 9 nitrogen and oxygen atoms in total. The summed E-state index contributed by atoms with van der Waals surface area (Å²) in [5, 5.41) is 6.62. The van der Waals surface area contributed by atoms with E-state index in [0.29, 0.717) is 18.9 Å². The Balaban J connectivity index is 1.46. The van der Waals surface area contributed by atoms with Gasteiger partial charge in [0.1, 0.15) is 24.0 Å². The summed E-state index contributed by atoms with van der Waals surface area (Å²) in [5.74, 6) is -2.05. The van der Waals surface area contributed by atoms with E-state index in [-0.39, 0.29) is 23.8 Å². The molecule has 0 saturated heterocycles. The van der Waals surface area contributed by atoms with Gasteiger partial charge in [0.2, 0.25) is 11.8 Å². The topological polar surface area (TPSA) is 97.9 Å². The van der Waals surface area contributed by atoms with Gasteiger partial charge in [0, 0.05) is 25.4 Å². The Hall–Kier alpha value is -3.63. The minimum Gasteiger partial charge on any atom is -0.337 e. The first-order valence-electron chi connectivity index (χ1n) is 9.28. The van der Waals surface area contributed by atoms with Crippen molar-refractivity contribution in [1.82, 2.24) is 29.6 Å². The number of likely N-dealkylation sites (N-methyl/N-ethyl adjacent to an activating group) is 1. The molecule has 1 aromatic carbocycles. The smallest absolute Gasteiger partial charge is 0.291 e. The fourth-order valence-electron chi connectivity index (χ4n) is 3.37. The van der Waals surface area contributed by atoms with Crippen molar-refractivity contribution in [3.63, 3.8) is 0 Å². The lowest BCUT2D eigenvalue weighted by atomic mass is 10.2. The van der Waals surface area contributed by atoms with Crippen molar-refractivity contribution in [3.8, 4) is 0 Å². The molecule has 2 amide bonds. The summed E-state index contributed by atoms with van der Waals surface area (Å²) in [4.78, 5) is 34.9. The molecule has 4 rings (SSSR count). The molecule has 1 atom stereocenters. The van der Waals surface area contributed by atoms with Crippen LogP contribution in [0.2, 0.25) is 0 Å². The summed E-state index contributed by atoms with van der Waals surface area (Å²) in [6, 6.07) is 2.77. The summed E-state index contributed by atoms with van der Waals surface area (Å²) in [5.41, 5.74) is 0.618. The molecule has 1 aliphatic rings. The van der Waals surface area contributed by atoms with E-state index in [1.165, 1.54) is 17.3 Å². The molecule has 1 unspecified atom stereocenters. The molecule has 11 heteroatoms. The molecule has 156 valence electrons. The zero-order chi connectivity index (χ0) is 21.4. The Kier molecular flexibility index (Phi) is 5.02. The highest BCUT2D eigenvalue weighted by Crippen LogP contribution is 2.20. The predicted octanol–water partition coefficient (Wildman–Crippen LogP) is 1.27. The van der Waals surface area contributed by atoms with Gasteiger partial charge >= 0.3 is 0 Å². The van der Waals surface area contributed by atoms with Crippen LogP contribution in [0, 0.1) is 18.6 Å². The Morgan fingerprint density at radius 2 is 2.03 bits per heavy atom. The van der Waals surface area contributed by atoms with E-state index >= 15 is 0 Å². The fourth-order valence-corrected chi connectivity index (χ4v) is 3.37. The highest BCUT2D eigenvalue weighted by molar-refractivity contribution is 6.00. The zero-order valence-electron chi connectivity index (χ0n) is 16.3. The van der Waals surface area contributed by atoms with Gasteiger partial charge in [-0.25, -0.2) is 23.4 Å². The number of nitrogens with one attached hydrogen (secondary N) is 1. The highest BCUT2D eigenvalue weighted by Gasteiger charge is 2.31. The first kappa shape index (κ1) is 19.7. The van der Waals surface area contributed by atoms with E-state index in [1.807, 2.05) is 17.7 Å². The third-order valence-electron chi connectivity index (χ3n) is 4.89. The summed E-state index contributed by atoms with van der Waals surface area (Å²) in [6.45, 7) is 2.13. The van der Waals surface area contributed by atoms with Gasteiger partial charge in [0.25, 0.3) is 11.8 Å². The van der Waals surface area contributed by atoms with E-state index in [4.69, 9.17) is 0 Å². The fraction of sp³-hybridized carbons (Fsp3) is 0.316. The summed E-state index contributed by atoms with van der Waals surface area (Å²) in [6.07, 6.45) is 3.42. The minimum absolute atomic E-state index is 0.181. The summed E-state index contributed by atoms with van der Waals surface area (Å²) >= 11 is 0. The van der Waals surface area contributed by atoms with E-state index in [2.05, 4.69) is 20.4 Å². The average Bonchev–Trinajstić information content (AvgIpc) is 3.31. The number of aromatic nitrogens is 5. The van der Waals surface area contributed by atoms with Crippen LogP contribution in [0.1, 0.15) is 28.3 Å². The van der Waals surface area contributed by atoms with Gasteiger partial charge in [-0.05, 0) is 25.5 Å². The highest BCUT2D eigenvalue weighted by atomic mass is 19.1. The molecule has 0 bridgehead atoms. The molecule has 3 heterocycles. The van der Waals surface area contributed by atoms with Crippen LogP contribution < -0.4 is 10.2 Å². The number of imidazole rings is 1. The Morgan fingerprint density at radius 1 is 1.30 bits per heavy atom. The van der Waals surface area contributed by atoms with E-state index in [9.17, 15) is 18.4 Å². The van der Waals surface area contributed by atoms with Crippen LogP contribution in [0.5, 0.6) is 0 Å². The van der Waals surface area contributed by atoms with Crippen LogP contribution in [0.25, 0.3) is 0 Å². The standard InChI is InChI=1S/C19H19F2N7O2/c1-11-8-27-7-6-15(18(30)26(2)19(27)23-11)24-17(29)16-22-10-28(25-16)9-12-13(20)4-3-5-14(12)21/h3-5,8,10,15H,6-7,9H2,1-2H3,(H,24,29). The molecule has 0 fully saturated rings. The van der Waals surface area contributed by atoms with Gasteiger partial charge in [-0.15, -0.1) is 5.10 Å². The van der Waals surface area contributed by atoms with Crippen LogP contribution in [-0.4, -0.2) is 49.2 Å². The monoisotopic (exact) mass is 415 g/mol. The zero-order valence-corrected chi connectivity index (χ0v) is 16.3. The molecule has 30 heavy (non-hydrogen) atoms. The number of hydrogen-bond donors (Lipinski definition) is 1. The number of aryl methyl sites for hydroxylation is 2.